The van der Waals surface area contributed by atoms with E-state index in [4.69, 9.17) is 5.73 Å². The van der Waals surface area contributed by atoms with Gasteiger partial charge in [0.25, 0.3) is 0 Å². The number of rotatable bonds is 3. The second kappa shape index (κ2) is 5.10. The highest BCUT2D eigenvalue weighted by molar-refractivity contribution is 9.10. The molecule has 1 atom stereocenters. The van der Waals surface area contributed by atoms with E-state index in [0.717, 1.165) is 22.5 Å². The van der Waals surface area contributed by atoms with E-state index in [1.165, 1.54) is 12.8 Å². The lowest BCUT2D eigenvalue weighted by molar-refractivity contribution is 0.583. The van der Waals surface area contributed by atoms with E-state index < -0.39 is 0 Å². The van der Waals surface area contributed by atoms with Crippen LogP contribution in [0.3, 0.4) is 0 Å². The molecule has 0 unspecified atom stereocenters. The molecule has 1 fully saturated rings. The molecule has 2 rings (SSSR count). The van der Waals surface area contributed by atoms with Crippen molar-refractivity contribution in [2.45, 2.75) is 25.3 Å². The molecule has 78 valence electrons. The molecule has 0 aromatic carbocycles. The van der Waals surface area contributed by atoms with Crippen LogP contribution in [0.15, 0.2) is 22.8 Å². The molecule has 0 aliphatic heterocycles. The van der Waals surface area contributed by atoms with Crippen molar-refractivity contribution >= 4 is 28.3 Å². The molecular weight excluding hydrogens is 263 g/mol. The van der Waals surface area contributed by atoms with Gasteiger partial charge in [0.05, 0.1) is 5.69 Å². The van der Waals surface area contributed by atoms with Crippen LogP contribution in [0, 0.1) is 5.92 Å². The number of halogens is 2. The fourth-order valence-electron chi connectivity index (χ4n) is 1.44. The van der Waals surface area contributed by atoms with Crippen LogP contribution in [0.2, 0.25) is 0 Å². The number of pyridine rings is 1. The van der Waals surface area contributed by atoms with E-state index in [2.05, 4.69) is 20.9 Å². The lowest BCUT2D eigenvalue weighted by Crippen LogP contribution is -2.12. The minimum Gasteiger partial charge on any atom is -0.323 e. The number of aromatic nitrogens is 1. The zero-order valence-electron chi connectivity index (χ0n) is 7.82. The average Bonchev–Trinajstić information content (AvgIpc) is 2.89. The molecule has 2 N–H and O–H groups in total. The molecule has 1 aromatic rings. The first kappa shape index (κ1) is 12.0. The van der Waals surface area contributed by atoms with Crippen molar-refractivity contribution in [1.82, 2.24) is 4.98 Å². The molecule has 14 heavy (non-hydrogen) atoms. The van der Waals surface area contributed by atoms with Crippen LogP contribution in [-0.4, -0.2) is 4.98 Å². The first-order chi connectivity index (χ1) is 6.25. The van der Waals surface area contributed by atoms with Crippen LogP contribution in [0.1, 0.15) is 31.0 Å². The van der Waals surface area contributed by atoms with Gasteiger partial charge in [-0.2, -0.15) is 0 Å². The molecule has 4 heteroatoms. The van der Waals surface area contributed by atoms with E-state index in [0.29, 0.717) is 0 Å². The second-order valence-corrected chi connectivity index (χ2v) is 4.60. The predicted molar refractivity (Wildman–Crippen MR) is 63.5 cm³/mol. The van der Waals surface area contributed by atoms with E-state index in [1.54, 1.807) is 0 Å². The Morgan fingerprint density at radius 1 is 1.50 bits per heavy atom. The first-order valence-corrected chi connectivity index (χ1v) is 5.42. The van der Waals surface area contributed by atoms with Crippen LogP contribution in [0.4, 0.5) is 0 Å². The van der Waals surface area contributed by atoms with Crippen LogP contribution < -0.4 is 5.73 Å². The van der Waals surface area contributed by atoms with Gasteiger partial charge < -0.3 is 5.73 Å². The van der Waals surface area contributed by atoms with Crippen LogP contribution in [0.25, 0.3) is 0 Å². The van der Waals surface area contributed by atoms with Gasteiger partial charge in [0.2, 0.25) is 0 Å². The van der Waals surface area contributed by atoms with Gasteiger partial charge in [-0.05, 0) is 40.4 Å². The number of nitrogens with zero attached hydrogens (tertiary/aromatic N) is 1. The highest BCUT2D eigenvalue weighted by Crippen LogP contribution is 2.36. The van der Waals surface area contributed by atoms with Gasteiger partial charge in [-0.1, -0.05) is 12.8 Å². The summed E-state index contributed by atoms with van der Waals surface area (Å²) in [4.78, 5) is 4.29. The third-order valence-corrected chi connectivity index (χ3v) is 2.88. The number of hydrogen-bond donors (Lipinski definition) is 1. The summed E-state index contributed by atoms with van der Waals surface area (Å²) < 4.78 is 1.01. The summed E-state index contributed by atoms with van der Waals surface area (Å²) in [6.07, 6.45) is 5.60. The monoisotopic (exact) mass is 276 g/mol. The molecule has 1 aliphatic rings. The highest BCUT2D eigenvalue weighted by atomic mass is 79.9. The van der Waals surface area contributed by atoms with Gasteiger partial charge in [-0.15, -0.1) is 12.4 Å². The smallest absolute Gasteiger partial charge is 0.0571 e. The van der Waals surface area contributed by atoms with E-state index in [9.17, 15) is 0 Å². The van der Waals surface area contributed by atoms with Crippen molar-refractivity contribution in [2.75, 3.05) is 0 Å². The van der Waals surface area contributed by atoms with Crippen molar-refractivity contribution < 1.29 is 0 Å². The fraction of sp³-hybridized carbons (Fsp3) is 0.500. The lowest BCUT2D eigenvalue weighted by atomic mass is 10.1. The Hall–Kier alpha value is -0.120. The van der Waals surface area contributed by atoms with Crippen LogP contribution in [-0.2, 0) is 0 Å². The Bertz CT molecular complexity index is 285. The maximum absolute atomic E-state index is 6.01. The molecular formula is C10H14BrClN2. The van der Waals surface area contributed by atoms with Crippen molar-refractivity contribution in [1.29, 1.82) is 0 Å². The summed E-state index contributed by atoms with van der Waals surface area (Å²) in [6, 6.07) is 4.12. The van der Waals surface area contributed by atoms with Crippen LogP contribution in [0.5, 0.6) is 0 Å². The van der Waals surface area contributed by atoms with Gasteiger partial charge in [-0.25, -0.2) is 0 Å². The van der Waals surface area contributed by atoms with Gasteiger partial charge in [0.15, 0.2) is 0 Å². The summed E-state index contributed by atoms with van der Waals surface area (Å²) in [5.41, 5.74) is 7.02. The quantitative estimate of drug-likeness (QED) is 0.922. The largest absolute Gasteiger partial charge is 0.323 e. The molecule has 1 aliphatic carbocycles. The molecule has 2 nitrogen and oxygen atoms in total. The lowest BCUT2D eigenvalue weighted by Gasteiger charge is -2.09. The topological polar surface area (TPSA) is 38.9 Å². The van der Waals surface area contributed by atoms with E-state index in [1.807, 2.05) is 18.3 Å². The van der Waals surface area contributed by atoms with Crippen molar-refractivity contribution in [2.24, 2.45) is 11.7 Å². The molecule has 0 saturated heterocycles. The number of hydrogen-bond acceptors (Lipinski definition) is 2. The van der Waals surface area contributed by atoms with E-state index in [-0.39, 0.29) is 18.4 Å². The number of nitrogens with two attached hydrogens (primary N) is 1. The van der Waals surface area contributed by atoms with Gasteiger partial charge in [-0.3, -0.25) is 4.98 Å². The zero-order chi connectivity index (χ0) is 9.26. The maximum Gasteiger partial charge on any atom is 0.0571 e. The minimum atomic E-state index is 0. The molecule has 0 spiro atoms. The van der Waals surface area contributed by atoms with Crippen LogP contribution >= 0.6 is 28.3 Å². The van der Waals surface area contributed by atoms with E-state index >= 15 is 0 Å². The zero-order valence-corrected chi connectivity index (χ0v) is 10.2. The summed E-state index contributed by atoms with van der Waals surface area (Å²) in [7, 11) is 0. The Morgan fingerprint density at radius 3 is 2.71 bits per heavy atom. The van der Waals surface area contributed by atoms with Gasteiger partial charge >= 0.3 is 0 Å². The Kier molecular flexibility index (Phi) is 4.35. The van der Waals surface area contributed by atoms with Crippen molar-refractivity contribution in [3.8, 4) is 0 Å². The second-order valence-electron chi connectivity index (χ2n) is 3.69. The summed E-state index contributed by atoms with van der Waals surface area (Å²) >= 11 is 3.35. The van der Waals surface area contributed by atoms with Gasteiger partial charge in [0.1, 0.15) is 0 Å². The summed E-state index contributed by atoms with van der Waals surface area (Å²) in [5, 5.41) is 0. The SMILES string of the molecule is Cl.N[C@@H](CC1CC1)c1ccc(Br)cn1. The molecule has 0 bridgehead atoms. The molecule has 1 heterocycles. The Morgan fingerprint density at radius 2 is 2.21 bits per heavy atom. The molecule has 0 radical (unpaired) electrons. The maximum atomic E-state index is 6.01. The minimum absolute atomic E-state index is 0. The van der Waals surface area contributed by atoms with Gasteiger partial charge in [0, 0.05) is 16.7 Å². The molecule has 0 amide bonds. The average molecular weight is 278 g/mol. The summed E-state index contributed by atoms with van der Waals surface area (Å²) in [5.74, 6) is 0.862. The predicted octanol–water partition coefficient (Wildman–Crippen LogP) is 3.07. The highest BCUT2D eigenvalue weighted by Gasteiger charge is 2.24. The summed E-state index contributed by atoms with van der Waals surface area (Å²) in [6.45, 7) is 0. The third-order valence-electron chi connectivity index (χ3n) is 2.41. The Balaban J connectivity index is 0.000000980. The Labute approximate surface area is 98.8 Å². The van der Waals surface area contributed by atoms with Crippen molar-refractivity contribution in [3.05, 3.63) is 28.5 Å². The molecule has 1 saturated carbocycles. The molecule has 1 aromatic heterocycles. The standard InChI is InChI=1S/C10H13BrN2.ClH/c11-8-3-4-10(13-6-8)9(12)5-7-1-2-7;/h3-4,6-7,9H,1-2,5,12H2;1H/t9-;/m0./s1. The third kappa shape index (κ3) is 3.23. The van der Waals surface area contributed by atoms with Crippen molar-refractivity contribution in [3.63, 3.8) is 0 Å². The fourth-order valence-corrected chi connectivity index (χ4v) is 1.67. The normalized spacial score (nSPS) is 17.3. The first-order valence-electron chi connectivity index (χ1n) is 4.63.